The van der Waals surface area contributed by atoms with Gasteiger partial charge in [-0.1, -0.05) is 0 Å². The Labute approximate surface area is 174 Å². The van der Waals surface area contributed by atoms with Crippen LogP contribution in [0.1, 0.15) is 11.1 Å². The molecule has 0 N–H and O–H groups in total. The average Bonchev–Trinajstić information content (AvgIpc) is 3.14. The topological polar surface area (TPSA) is 86.3 Å². The Hall–Kier alpha value is -2.76. The van der Waals surface area contributed by atoms with Crippen LogP contribution < -0.4 is 0 Å². The van der Waals surface area contributed by atoms with Gasteiger partial charge in [0.2, 0.25) is 0 Å². The summed E-state index contributed by atoms with van der Waals surface area (Å²) in [6.07, 6.45) is 9.79. The van der Waals surface area contributed by atoms with Crippen LogP contribution in [0, 0.1) is 20.2 Å². The molecule has 0 aliphatic carbocycles. The number of benzene rings is 2. The Morgan fingerprint density at radius 1 is 0.821 bits per heavy atom. The van der Waals surface area contributed by atoms with Gasteiger partial charge < -0.3 is 0 Å². The number of nitrogens with zero attached hydrogens (tertiary/aromatic N) is 2. The van der Waals surface area contributed by atoms with Crippen LogP contribution in [0.2, 0.25) is 0 Å². The fourth-order valence-electron chi connectivity index (χ4n) is 2.33. The summed E-state index contributed by atoms with van der Waals surface area (Å²) in [5, 5.41) is 21.7. The van der Waals surface area contributed by atoms with Crippen LogP contribution in [0.15, 0.2) is 79.6 Å². The second-order valence-electron chi connectivity index (χ2n) is 5.62. The summed E-state index contributed by atoms with van der Waals surface area (Å²) in [6, 6.07) is 13.1. The van der Waals surface area contributed by atoms with E-state index in [9.17, 15) is 20.2 Å². The molecule has 1 aliphatic rings. The first-order valence-electron chi connectivity index (χ1n) is 8.11. The van der Waals surface area contributed by atoms with Gasteiger partial charge in [-0.3, -0.25) is 0 Å². The normalized spacial score (nSPS) is 15.4. The van der Waals surface area contributed by atoms with Crippen molar-refractivity contribution in [3.63, 3.8) is 0 Å². The van der Waals surface area contributed by atoms with Crippen molar-refractivity contribution < 1.29 is 9.85 Å². The Balaban J connectivity index is 1.60. The van der Waals surface area contributed by atoms with Gasteiger partial charge in [-0.15, -0.1) is 0 Å². The van der Waals surface area contributed by atoms with Gasteiger partial charge in [0, 0.05) is 0 Å². The second kappa shape index (κ2) is 9.44. The number of hydrogen-bond acceptors (Lipinski definition) is 4. The molecule has 0 unspecified atom stereocenters. The third-order valence-electron chi connectivity index (χ3n) is 3.63. The van der Waals surface area contributed by atoms with E-state index < -0.39 is 9.85 Å². The van der Waals surface area contributed by atoms with Crippen LogP contribution in [0.5, 0.6) is 0 Å². The molecule has 0 aromatic heterocycles. The summed E-state index contributed by atoms with van der Waals surface area (Å²) >= 11 is 0.514. The monoisotopic (exact) mass is 506 g/mol. The van der Waals surface area contributed by atoms with Crippen molar-refractivity contribution in [2.45, 2.75) is 0 Å². The molecule has 0 bridgehead atoms. The van der Waals surface area contributed by atoms with E-state index in [1.165, 1.54) is 20.0 Å². The van der Waals surface area contributed by atoms with E-state index in [2.05, 4.69) is 11.1 Å². The van der Waals surface area contributed by atoms with Gasteiger partial charge >= 0.3 is 174 Å². The third-order valence-corrected chi connectivity index (χ3v) is 9.63. The number of allylic oxidation sites excluding steroid dienone is 4. The van der Waals surface area contributed by atoms with Gasteiger partial charge in [-0.05, 0) is 0 Å². The Bertz CT molecular complexity index is 1040. The van der Waals surface area contributed by atoms with Gasteiger partial charge in [0.05, 0.1) is 0 Å². The Kier molecular flexibility index (Phi) is 6.74. The molecular weight excluding hydrogens is 490 g/mol. The van der Waals surface area contributed by atoms with Crippen molar-refractivity contribution in [3.05, 3.63) is 111 Å². The van der Waals surface area contributed by atoms with Gasteiger partial charge in [0.1, 0.15) is 0 Å². The summed E-state index contributed by atoms with van der Waals surface area (Å²) < 4.78 is 2.61. The molecule has 0 spiro atoms. The van der Waals surface area contributed by atoms with Gasteiger partial charge in [0.15, 0.2) is 0 Å². The van der Waals surface area contributed by atoms with Crippen molar-refractivity contribution in [1.29, 1.82) is 0 Å². The quantitative estimate of drug-likeness (QED) is 0.333. The van der Waals surface area contributed by atoms with Gasteiger partial charge in [-0.25, -0.2) is 0 Å². The van der Waals surface area contributed by atoms with E-state index in [-0.39, 0.29) is 41.3 Å². The number of nitro groups is 2. The van der Waals surface area contributed by atoms with E-state index in [4.69, 9.17) is 0 Å². The number of nitro benzene ring substituents is 2. The average molecular weight is 504 g/mol. The molecule has 2 aromatic rings. The first-order valence-corrected chi connectivity index (χ1v) is 11.7. The Morgan fingerprint density at radius 3 is 2.04 bits per heavy atom. The summed E-state index contributed by atoms with van der Waals surface area (Å²) in [5.41, 5.74) is 1.77. The molecular formula is C20H14N2O4Se2. The van der Waals surface area contributed by atoms with Crippen LogP contribution in [-0.4, -0.2) is 39.8 Å². The molecule has 6 nitrogen and oxygen atoms in total. The molecule has 3 rings (SSSR count). The molecule has 140 valence electrons. The summed E-state index contributed by atoms with van der Waals surface area (Å²) in [4.78, 5) is 23.1. The predicted octanol–water partition coefficient (Wildman–Crippen LogP) is 4.33. The van der Waals surface area contributed by atoms with Crippen LogP contribution in [0.4, 0.5) is 11.4 Å². The standard InChI is InChI=1S/C20H14N2O4Se2/c23-21(24)17-7-1-4-15(12-17)6-3-9-20-27-14-19(28-20)11-10-16-5-2-8-18(13-16)22(25)26/h1-14H/b6-3+,11-10+,20-9+. The number of non-ortho nitro benzene ring substituents is 2. The SMILES string of the molecule is O=[N+]([O-])c1cccc(/C=C/C=C2\[Se]C=C(/C=C/c3cccc([N+](=O)[O-])c3)[Se]2)c1. The number of hydrogen-bond donors (Lipinski definition) is 0. The molecule has 1 heterocycles. The zero-order valence-electron chi connectivity index (χ0n) is 14.4. The minimum atomic E-state index is -0.400. The van der Waals surface area contributed by atoms with Crippen molar-refractivity contribution in [2.75, 3.05) is 0 Å². The van der Waals surface area contributed by atoms with Gasteiger partial charge in [0.25, 0.3) is 0 Å². The van der Waals surface area contributed by atoms with Gasteiger partial charge in [-0.2, -0.15) is 0 Å². The zero-order valence-corrected chi connectivity index (χ0v) is 17.9. The molecule has 0 atom stereocenters. The molecule has 0 amide bonds. The summed E-state index contributed by atoms with van der Waals surface area (Å²) in [5.74, 6) is 0. The number of rotatable bonds is 6. The van der Waals surface area contributed by atoms with Crippen LogP contribution in [0.25, 0.3) is 12.2 Å². The molecule has 0 fully saturated rings. The fraction of sp³-hybridized carbons (Fsp3) is 0. The first kappa shape index (κ1) is 20.0. The van der Waals surface area contributed by atoms with Crippen LogP contribution >= 0.6 is 0 Å². The predicted molar refractivity (Wildman–Crippen MR) is 112 cm³/mol. The molecule has 8 heteroatoms. The second-order valence-corrected chi connectivity index (χ2v) is 11.2. The van der Waals surface area contributed by atoms with E-state index in [0.717, 1.165) is 11.1 Å². The summed E-state index contributed by atoms with van der Waals surface area (Å²) in [6.45, 7) is 0. The maximum absolute atomic E-state index is 10.8. The van der Waals surface area contributed by atoms with Crippen LogP contribution in [-0.2, 0) is 0 Å². The Morgan fingerprint density at radius 2 is 1.43 bits per heavy atom. The molecule has 0 saturated heterocycles. The van der Waals surface area contributed by atoms with E-state index in [1.807, 2.05) is 36.4 Å². The summed E-state index contributed by atoms with van der Waals surface area (Å²) in [7, 11) is 0. The van der Waals surface area contributed by atoms with Crippen molar-refractivity contribution in [1.82, 2.24) is 0 Å². The van der Waals surface area contributed by atoms with Crippen molar-refractivity contribution >= 4 is 53.4 Å². The molecule has 0 radical (unpaired) electrons. The molecule has 0 saturated carbocycles. The minimum absolute atomic E-state index is 0.0827. The first-order chi connectivity index (χ1) is 13.5. The maximum atomic E-state index is 10.8. The van der Waals surface area contributed by atoms with E-state index in [1.54, 1.807) is 24.3 Å². The van der Waals surface area contributed by atoms with Crippen molar-refractivity contribution in [3.8, 4) is 0 Å². The zero-order chi connectivity index (χ0) is 19.9. The molecule has 28 heavy (non-hydrogen) atoms. The van der Waals surface area contributed by atoms with E-state index >= 15 is 0 Å². The third kappa shape index (κ3) is 5.62. The molecule has 1 aliphatic heterocycles. The van der Waals surface area contributed by atoms with Crippen LogP contribution in [0.3, 0.4) is 0 Å². The van der Waals surface area contributed by atoms with E-state index in [0.29, 0.717) is 0 Å². The fourth-order valence-corrected chi connectivity index (χ4v) is 7.74. The van der Waals surface area contributed by atoms with Crippen molar-refractivity contribution in [2.24, 2.45) is 0 Å². The molecule has 2 aromatic carbocycles.